The number of ether oxygens (including phenoxy) is 1. The number of hydrogen-bond donors (Lipinski definition) is 2. The van der Waals surface area contributed by atoms with E-state index in [1.54, 1.807) is 12.1 Å². The Morgan fingerprint density at radius 1 is 1.33 bits per heavy atom. The van der Waals surface area contributed by atoms with Crippen LogP contribution in [0.15, 0.2) is 41.0 Å². The highest BCUT2D eigenvalue weighted by atomic mass is 35.5. The average molecular weight is 310 g/mol. The Labute approximate surface area is 125 Å². The predicted octanol–water partition coefficient (Wildman–Crippen LogP) is 2.33. The summed E-state index contributed by atoms with van der Waals surface area (Å²) in [5, 5.41) is 11.5. The van der Waals surface area contributed by atoms with Gasteiger partial charge in [0.2, 0.25) is 0 Å². The Morgan fingerprint density at radius 3 is 2.76 bits per heavy atom. The molecule has 7 heteroatoms. The van der Waals surface area contributed by atoms with Crippen molar-refractivity contribution in [3.05, 3.63) is 52.9 Å². The van der Waals surface area contributed by atoms with Crippen LogP contribution in [0.3, 0.4) is 0 Å². The molecule has 2 N–H and O–H groups in total. The van der Waals surface area contributed by atoms with Crippen LogP contribution in [0.25, 0.3) is 0 Å². The van der Waals surface area contributed by atoms with E-state index in [4.69, 9.17) is 25.9 Å². The van der Waals surface area contributed by atoms with Gasteiger partial charge in [0.25, 0.3) is 5.91 Å². The molecule has 1 aromatic heterocycles. The van der Waals surface area contributed by atoms with Gasteiger partial charge in [0.15, 0.2) is 6.61 Å². The summed E-state index contributed by atoms with van der Waals surface area (Å²) in [6.45, 7) is 0.0354. The Kier molecular flexibility index (Phi) is 4.84. The van der Waals surface area contributed by atoms with Crippen molar-refractivity contribution in [1.29, 1.82) is 0 Å². The van der Waals surface area contributed by atoms with Crippen molar-refractivity contribution in [2.45, 2.75) is 6.54 Å². The van der Waals surface area contributed by atoms with Gasteiger partial charge in [-0.3, -0.25) is 4.79 Å². The van der Waals surface area contributed by atoms with E-state index in [0.29, 0.717) is 5.76 Å². The Bertz CT molecular complexity index is 639. The van der Waals surface area contributed by atoms with Crippen molar-refractivity contribution in [1.82, 2.24) is 5.32 Å². The lowest BCUT2D eigenvalue weighted by Crippen LogP contribution is -2.28. The number of rotatable bonds is 6. The summed E-state index contributed by atoms with van der Waals surface area (Å²) in [7, 11) is 0. The average Bonchev–Trinajstić information content (AvgIpc) is 2.97. The van der Waals surface area contributed by atoms with Crippen molar-refractivity contribution in [2.24, 2.45) is 0 Å². The second kappa shape index (κ2) is 6.81. The fourth-order valence-corrected chi connectivity index (χ4v) is 1.78. The zero-order chi connectivity index (χ0) is 15.2. The molecule has 0 bridgehead atoms. The number of aromatic carboxylic acids is 1. The lowest BCUT2D eigenvalue weighted by atomic mass is 10.2. The van der Waals surface area contributed by atoms with Gasteiger partial charge < -0.3 is 19.6 Å². The Hall–Kier alpha value is -2.47. The van der Waals surface area contributed by atoms with Crippen LogP contribution < -0.4 is 10.1 Å². The van der Waals surface area contributed by atoms with Crippen molar-refractivity contribution in [2.75, 3.05) is 6.61 Å². The fourth-order valence-electron chi connectivity index (χ4n) is 1.54. The number of halogens is 1. The molecule has 0 spiro atoms. The molecule has 1 amide bonds. The monoisotopic (exact) mass is 309 g/mol. The standard InChI is InChI=1S/C14H12ClNO5/c15-11-6-9(14(18)19)3-4-12(11)21-8-13(17)16-7-10-2-1-5-20-10/h1-6H,7-8H2,(H,16,17)(H,18,19). The smallest absolute Gasteiger partial charge is 0.335 e. The van der Waals surface area contributed by atoms with Gasteiger partial charge in [-0.2, -0.15) is 0 Å². The highest BCUT2D eigenvalue weighted by Crippen LogP contribution is 2.25. The van der Waals surface area contributed by atoms with Gasteiger partial charge in [0.05, 0.1) is 23.4 Å². The van der Waals surface area contributed by atoms with Crippen molar-refractivity contribution >= 4 is 23.5 Å². The van der Waals surface area contributed by atoms with E-state index in [-0.39, 0.29) is 35.4 Å². The van der Waals surface area contributed by atoms with E-state index in [1.165, 1.54) is 24.5 Å². The second-order valence-corrected chi connectivity index (χ2v) is 4.50. The maximum Gasteiger partial charge on any atom is 0.335 e. The molecule has 0 fully saturated rings. The number of carboxylic acid groups (broad SMARTS) is 1. The van der Waals surface area contributed by atoms with E-state index >= 15 is 0 Å². The number of carboxylic acids is 1. The van der Waals surface area contributed by atoms with Crippen LogP contribution in [0, 0.1) is 0 Å². The topological polar surface area (TPSA) is 88.8 Å². The number of furan rings is 1. The number of nitrogens with one attached hydrogen (secondary N) is 1. The fraction of sp³-hybridized carbons (Fsp3) is 0.143. The SMILES string of the molecule is O=C(COc1ccc(C(=O)O)cc1Cl)NCc1ccco1. The van der Waals surface area contributed by atoms with Crippen LogP contribution in [0.2, 0.25) is 5.02 Å². The summed E-state index contributed by atoms with van der Waals surface area (Å²) >= 11 is 5.88. The number of hydrogen-bond acceptors (Lipinski definition) is 4. The number of benzene rings is 1. The molecular weight excluding hydrogens is 298 g/mol. The molecule has 0 aliphatic carbocycles. The number of carbonyl (C=O) groups excluding carboxylic acids is 1. The van der Waals surface area contributed by atoms with E-state index in [9.17, 15) is 9.59 Å². The van der Waals surface area contributed by atoms with Crippen LogP contribution in [-0.4, -0.2) is 23.6 Å². The lowest BCUT2D eigenvalue weighted by Gasteiger charge is -2.08. The molecule has 1 aromatic carbocycles. The summed E-state index contributed by atoms with van der Waals surface area (Å²) in [6.07, 6.45) is 1.52. The highest BCUT2D eigenvalue weighted by molar-refractivity contribution is 6.32. The molecular formula is C14H12ClNO5. The maximum atomic E-state index is 11.6. The largest absolute Gasteiger partial charge is 0.482 e. The third kappa shape index (κ3) is 4.25. The van der Waals surface area contributed by atoms with Crippen LogP contribution in [0.5, 0.6) is 5.75 Å². The first kappa shape index (κ1) is 14.9. The van der Waals surface area contributed by atoms with Gasteiger partial charge in [-0.25, -0.2) is 4.79 Å². The van der Waals surface area contributed by atoms with Crippen molar-refractivity contribution in [3.8, 4) is 5.75 Å². The first-order valence-corrected chi connectivity index (χ1v) is 6.39. The first-order chi connectivity index (χ1) is 10.1. The van der Waals surface area contributed by atoms with Gasteiger partial charge in [-0.05, 0) is 30.3 Å². The first-order valence-electron chi connectivity index (χ1n) is 6.01. The molecule has 0 saturated heterocycles. The summed E-state index contributed by atoms with van der Waals surface area (Å²) in [5.41, 5.74) is 0.0506. The molecule has 110 valence electrons. The zero-order valence-electron chi connectivity index (χ0n) is 10.8. The van der Waals surface area contributed by atoms with Gasteiger partial charge in [-0.15, -0.1) is 0 Å². The van der Waals surface area contributed by atoms with Crippen molar-refractivity contribution in [3.63, 3.8) is 0 Å². The third-order valence-electron chi connectivity index (χ3n) is 2.58. The third-order valence-corrected chi connectivity index (χ3v) is 2.87. The molecule has 0 atom stereocenters. The summed E-state index contributed by atoms with van der Waals surface area (Å²) < 4.78 is 10.3. The molecule has 0 radical (unpaired) electrons. The molecule has 0 unspecified atom stereocenters. The minimum Gasteiger partial charge on any atom is -0.482 e. The van der Waals surface area contributed by atoms with Gasteiger partial charge >= 0.3 is 5.97 Å². The molecule has 21 heavy (non-hydrogen) atoms. The molecule has 0 saturated carbocycles. The van der Waals surface area contributed by atoms with Gasteiger partial charge in [0.1, 0.15) is 11.5 Å². The summed E-state index contributed by atoms with van der Waals surface area (Å²) in [4.78, 5) is 22.3. The molecule has 6 nitrogen and oxygen atoms in total. The van der Waals surface area contributed by atoms with E-state index in [1.807, 2.05) is 0 Å². The lowest BCUT2D eigenvalue weighted by molar-refractivity contribution is -0.123. The minimum atomic E-state index is -1.08. The summed E-state index contributed by atoms with van der Waals surface area (Å²) in [6, 6.07) is 7.49. The maximum absolute atomic E-state index is 11.6. The number of amides is 1. The zero-order valence-corrected chi connectivity index (χ0v) is 11.6. The Morgan fingerprint density at radius 2 is 2.14 bits per heavy atom. The van der Waals surface area contributed by atoms with E-state index in [0.717, 1.165) is 0 Å². The molecule has 0 aliphatic rings. The normalized spacial score (nSPS) is 10.1. The van der Waals surface area contributed by atoms with Gasteiger partial charge in [-0.1, -0.05) is 11.6 Å². The van der Waals surface area contributed by atoms with Crippen LogP contribution in [-0.2, 0) is 11.3 Å². The van der Waals surface area contributed by atoms with Crippen molar-refractivity contribution < 1.29 is 23.8 Å². The minimum absolute atomic E-state index is 0.0506. The summed E-state index contributed by atoms with van der Waals surface area (Å²) in [5.74, 6) is -0.550. The quantitative estimate of drug-likeness (QED) is 0.855. The predicted molar refractivity (Wildman–Crippen MR) is 74.5 cm³/mol. The molecule has 0 aliphatic heterocycles. The van der Waals surface area contributed by atoms with Gasteiger partial charge in [0, 0.05) is 0 Å². The van der Waals surface area contributed by atoms with Crippen LogP contribution >= 0.6 is 11.6 Å². The van der Waals surface area contributed by atoms with Crippen LogP contribution in [0.1, 0.15) is 16.1 Å². The number of carbonyl (C=O) groups is 2. The second-order valence-electron chi connectivity index (χ2n) is 4.10. The highest BCUT2D eigenvalue weighted by Gasteiger charge is 2.10. The molecule has 1 heterocycles. The Balaban J connectivity index is 1.85. The van der Waals surface area contributed by atoms with E-state index in [2.05, 4.69) is 5.32 Å². The van der Waals surface area contributed by atoms with E-state index < -0.39 is 5.97 Å². The molecule has 2 rings (SSSR count). The molecule has 2 aromatic rings. The van der Waals surface area contributed by atoms with Crippen LogP contribution in [0.4, 0.5) is 0 Å².